The number of hydrogen-bond donors (Lipinski definition) is 2. The fraction of sp³-hybridized carbons (Fsp3) is 0.800. The van der Waals surface area contributed by atoms with Crippen molar-refractivity contribution in [2.24, 2.45) is 0 Å². The summed E-state index contributed by atoms with van der Waals surface area (Å²) in [6, 6.07) is 0.243. The van der Waals surface area contributed by atoms with Gasteiger partial charge in [-0.05, 0) is 40.2 Å². The fourth-order valence-electron chi connectivity index (χ4n) is 1.87. The summed E-state index contributed by atoms with van der Waals surface area (Å²) in [6.45, 7) is 6.95. The first-order chi connectivity index (χ1) is 5.52. The Morgan fingerprint density at radius 2 is 2.25 bits per heavy atom. The third-order valence-corrected chi connectivity index (χ3v) is 2.35. The Balaban J connectivity index is 2.63. The van der Waals surface area contributed by atoms with Crippen molar-refractivity contribution in [1.29, 1.82) is 0 Å². The molecule has 0 amide bonds. The molecule has 0 bridgehead atoms. The molecule has 0 aromatic rings. The largest absolute Gasteiger partial charge is 0.384 e. The summed E-state index contributed by atoms with van der Waals surface area (Å²) in [6.07, 6.45) is 4.20. The molecule has 70 valence electrons. The van der Waals surface area contributed by atoms with Gasteiger partial charge in [-0.2, -0.15) is 0 Å². The molecule has 2 N–H and O–H groups in total. The van der Waals surface area contributed by atoms with Gasteiger partial charge >= 0.3 is 0 Å². The topological polar surface area (TPSA) is 32.3 Å². The highest BCUT2D eigenvalue weighted by Crippen LogP contribution is 2.21. The summed E-state index contributed by atoms with van der Waals surface area (Å²) >= 11 is 0. The molecule has 2 nitrogen and oxygen atoms in total. The maximum Gasteiger partial charge on any atom is 0.0954 e. The number of nitrogens with one attached hydrogen (secondary N) is 1. The second-order valence-corrected chi connectivity index (χ2v) is 4.10. The van der Waals surface area contributed by atoms with Gasteiger partial charge in [0, 0.05) is 6.04 Å². The molecule has 0 aromatic heterocycles. The van der Waals surface area contributed by atoms with Gasteiger partial charge in [-0.3, -0.25) is 0 Å². The van der Waals surface area contributed by atoms with E-state index in [2.05, 4.69) is 5.32 Å². The van der Waals surface area contributed by atoms with Crippen LogP contribution in [-0.4, -0.2) is 23.3 Å². The molecular formula is C10H19NO. The predicted octanol–water partition coefficient (Wildman–Crippen LogP) is 1.46. The number of aliphatic hydroxyl groups is 1. The van der Waals surface area contributed by atoms with Gasteiger partial charge in [-0.15, -0.1) is 0 Å². The summed E-state index contributed by atoms with van der Waals surface area (Å²) < 4.78 is 0. The maximum atomic E-state index is 10.0. The molecule has 1 rings (SSSR count). The minimum Gasteiger partial charge on any atom is -0.384 e. The fourth-order valence-corrected chi connectivity index (χ4v) is 1.87. The number of rotatable bonds is 2. The normalized spacial score (nSPS) is 28.2. The zero-order valence-electron chi connectivity index (χ0n) is 8.22. The first-order valence-corrected chi connectivity index (χ1v) is 4.64. The zero-order chi connectivity index (χ0) is 9.19. The van der Waals surface area contributed by atoms with Crippen LogP contribution in [0.25, 0.3) is 0 Å². The van der Waals surface area contributed by atoms with E-state index in [0.717, 1.165) is 13.0 Å². The van der Waals surface area contributed by atoms with E-state index in [1.807, 2.05) is 26.8 Å². The molecule has 12 heavy (non-hydrogen) atoms. The molecule has 1 saturated heterocycles. The van der Waals surface area contributed by atoms with Gasteiger partial charge in [0.1, 0.15) is 0 Å². The van der Waals surface area contributed by atoms with Crippen molar-refractivity contribution in [2.75, 3.05) is 6.54 Å². The lowest BCUT2D eigenvalue weighted by Crippen LogP contribution is -2.43. The van der Waals surface area contributed by atoms with Crippen molar-refractivity contribution in [2.45, 2.75) is 45.3 Å². The van der Waals surface area contributed by atoms with Crippen LogP contribution in [0.15, 0.2) is 11.6 Å². The average Bonchev–Trinajstić information content (AvgIpc) is 2.32. The lowest BCUT2D eigenvalue weighted by Gasteiger charge is -2.27. The molecule has 0 spiro atoms. The van der Waals surface area contributed by atoms with Crippen LogP contribution in [0.4, 0.5) is 0 Å². The Kier molecular flexibility index (Phi) is 2.91. The molecule has 0 aliphatic carbocycles. The third kappa shape index (κ3) is 2.32. The molecular weight excluding hydrogens is 150 g/mol. The van der Waals surface area contributed by atoms with Crippen LogP contribution in [0.1, 0.15) is 33.6 Å². The minimum absolute atomic E-state index is 0.243. The summed E-state index contributed by atoms with van der Waals surface area (Å²) in [5.74, 6) is 0. The average molecular weight is 169 g/mol. The van der Waals surface area contributed by atoms with E-state index in [0.29, 0.717) is 0 Å². The molecule has 2 atom stereocenters. The summed E-state index contributed by atoms with van der Waals surface area (Å²) in [4.78, 5) is 0. The van der Waals surface area contributed by atoms with Crippen LogP contribution in [-0.2, 0) is 0 Å². The van der Waals surface area contributed by atoms with Gasteiger partial charge in [0.15, 0.2) is 0 Å². The first-order valence-electron chi connectivity index (χ1n) is 4.64. The summed E-state index contributed by atoms with van der Waals surface area (Å²) in [5, 5.41) is 13.4. The third-order valence-electron chi connectivity index (χ3n) is 2.35. The second-order valence-electron chi connectivity index (χ2n) is 4.10. The molecule has 1 fully saturated rings. The minimum atomic E-state index is -0.671. The van der Waals surface area contributed by atoms with Crippen LogP contribution in [0.3, 0.4) is 0 Å². The highest BCUT2D eigenvalue weighted by molar-refractivity contribution is 5.10. The molecule has 1 aliphatic rings. The van der Waals surface area contributed by atoms with Crippen molar-refractivity contribution in [1.82, 2.24) is 5.32 Å². The Hall–Kier alpha value is -0.340. The molecule has 1 aliphatic heterocycles. The van der Waals surface area contributed by atoms with E-state index >= 15 is 0 Å². The second kappa shape index (κ2) is 3.58. The van der Waals surface area contributed by atoms with E-state index in [1.54, 1.807) is 0 Å². The number of hydrogen-bond acceptors (Lipinski definition) is 2. The van der Waals surface area contributed by atoms with E-state index < -0.39 is 5.60 Å². The van der Waals surface area contributed by atoms with Gasteiger partial charge in [0.25, 0.3) is 0 Å². The van der Waals surface area contributed by atoms with Crippen LogP contribution in [0.5, 0.6) is 0 Å². The molecule has 0 saturated carbocycles. The lowest BCUT2D eigenvalue weighted by molar-refractivity contribution is 0.0736. The van der Waals surface area contributed by atoms with Crippen LogP contribution < -0.4 is 5.32 Å². The number of allylic oxidation sites excluding steroid dienone is 1. The van der Waals surface area contributed by atoms with Gasteiger partial charge in [-0.1, -0.05) is 11.6 Å². The maximum absolute atomic E-state index is 10.0. The summed E-state index contributed by atoms with van der Waals surface area (Å²) in [7, 11) is 0. The highest BCUT2D eigenvalue weighted by Gasteiger charge is 2.31. The van der Waals surface area contributed by atoms with Gasteiger partial charge in [0.2, 0.25) is 0 Å². The van der Waals surface area contributed by atoms with Crippen molar-refractivity contribution in [3.05, 3.63) is 11.6 Å². The molecule has 0 radical (unpaired) electrons. The van der Waals surface area contributed by atoms with E-state index in [1.165, 1.54) is 12.0 Å². The molecule has 2 heteroatoms. The highest BCUT2D eigenvalue weighted by atomic mass is 16.3. The van der Waals surface area contributed by atoms with E-state index in [9.17, 15) is 5.11 Å². The predicted molar refractivity (Wildman–Crippen MR) is 51.1 cm³/mol. The van der Waals surface area contributed by atoms with E-state index in [-0.39, 0.29) is 6.04 Å². The zero-order valence-corrected chi connectivity index (χ0v) is 8.22. The smallest absolute Gasteiger partial charge is 0.0954 e. The van der Waals surface area contributed by atoms with Crippen molar-refractivity contribution >= 4 is 0 Å². The standard InChI is InChI=1S/C10H19NO/c1-8(2)7-10(3,12)9-5-4-6-11-9/h7,9,11-12H,4-6H2,1-3H3. The SMILES string of the molecule is CC(C)=CC(C)(O)C1CCCN1. The quantitative estimate of drug-likeness (QED) is 0.613. The van der Waals surface area contributed by atoms with Gasteiger partial charge < -0.3 is 10.4 Å². The van der Waals surface area contributed by atoms with Gasteiger partial charge in [-0.25, -0.2) is 0 Å². The van der Waals surface area contributed by atoms with Crippen molar-refractivity contribution in [3.63, 3.8) is 0 Å². The summed E-state index contributed by atoms with van der Waals surface area (Å²) in [5.41, 5.74) is 0.503. The van der Waals surface area contributed by atoms with Crippen molar-refractivity contribution in [3.8, 4) is 0 Å². The Morgan fingerprint density at radius 1 is 1.58 bits per heavy atom. The molecule has 1 heterocycles. The Bertz CT molecular complexity index is 174. The van der Waals surface area contributed by atoms with Crippen molar-refractivity contribution < 1.29 is 5.11 Å². The lowest BCUT2D eigenvalue weighted by atomic mass is 9.93. The van der Waals surface area contributed by atoms with E-state index in [4.69, 9.17) is 0 Å². The van der Waals surface area contributed by atoms with Crippen LogP contribution in [0, 0.1) is 0 Å². The first kappa shape index (κ1) is 9.75. The molecule has 0 aromatic carbocycles. The Morgan fingerprint density at radius 3 is 2.67 bits per heavy atom. The monoisotopic (exact) mass is 169 g/mol. The molecule has 2 unspecified atom stereocenters. The Labute approximate surface area is 74.7 Å². The van der Waals surface area contributed by atoms with Crippen LogP contribution >= 0.6 is 0 Å². The van der Waals surface area contributed by atoms with Gasteiger partial charge in [0.05, 0.1) is 5.60 Å². The van der Waals surface area contributed by atoms with Crippen LogP contribution in [0.2, 0.25) is 0 Å².